The summed E-state index contributed by atoms with van der Waals surface area (Å²) in [5.74, 6) is -0.161. The molecule has 0 amide bonds. The molecule has 18 heavy (non-hydrogen) atoms. The summed E-state index contributed by atoms with van der Waals surface area (Å²) in [6.45, 7) is 0. The number of carbonyl (C=O) groups excluding carboxylic acids is 1. The van der Waals surface area contributed by atoms with Crippen LogP contribution < -0.4 is 5.73 Å². The second-order valence-electron chi connectivity index (χ2n) is 3.66. The first kappa shape index (κ1) is 12.4. The molecule has 0 radical (unpaired) electrons. The summed E-state index contributed by atoms with van der Waals surface area (Å²) < 4.78 is 6.19. The molecule has 0 aliphatic rings. The predicted octanol–water partition coefficient (Wildman–Crippen LogP) is 1.50. The summed E-state index contributed by atoms with van der Waals surface area (Å²) in [5, 5.41) is 4.27. The lowest BCUT2D eigenvalue weighted by atomic mass is 10.1. The van der Waals surface area contributed by atoms with Crippen molar-refractivity contribution >= 4 is 23.4 Å². The Bertz CT molecular complexity index is 609. The van der Waals surface area contributed by atoms with Gasteiger partial charge in [0.1, 0.15) is 5.15 Å². The minimum absolute atomic E-state index is 0.252. The van der Waals surface area contributed by atoms with Gasteiger partial charge in [-0.25, -0.2) is 9.78 Å². The molecule has 2 aromatic heterocycles. The zero-order valence-electron chi connectivity index (χ0n) is 9.85. The Morgan fingerprint density at radius 2 is 2.22 bits per heavy atom. The summed E-state index contributed by atoms with van der Waals surface area (Å²) in [6.07, 6.45) is 3.06. The monoisotopic (exact) mass is 266 g/mol. The molecule has 7 heteroatoms. The van der Waals surface area contributed by atoms with Gasteiger partial charge in [0.05, 0.1) is 12.7 Å². The van der Waals surface area contributed by atoms with Crippen LogP contribution in [0.3, 0.4) is 0 Å². The molecule has 2 N–H and O–H groups in total. The quantitative estimate of drug-likeness (QED) is 0.658. The number of nitrogens with zero attached hydrogens (tertiary/aromatic N) is 3. The zero-order valence-corrected chi connectivity index (χ0v) is 10.6. The molecule has 0 aromatic carbocycles. The van der Waals surface area contributed by atoms with Gasteiger partial charge in [-0.3, -0.25) is 4.68 Å². The zero-order chi connectivity index (χ0) is 13.3. The molecule has 2 aromatic rings. The molecule has 0 aliphatic heterocycles. The summed E-state index contributed by atoms with van der Waals surface area (Å²) in [5.41, 5.74) is 7.24. The maximum atomic E-state index is 11.4. The number of hydrogen-bond donors (Lipinski definition) is 1. The number of methoxy groups -OCH3 is 1. The van der Waals surface area contributed by atoms with E-state index in [-0.39, 0.29) is 5.15 Å². The number of anilines is 1. The number of nitrogen functional groups attached to an aromatic ring is 1. The number of halogens is 1. The average Bonchev–Trinajstić information content (AvgIpc) is 2.68. The summed E-state index contributed by atoms with van der Waals surface area (Å²) in [6, 6.07) is 1.58. The third kappa shape index (κ3) is 2.14. The van der Waals surface area contributed by atoms with Gasteiger partial charge in [-0.1, -0.05) is 11.6 Å². The molecule has 0 atom stereocenters. The van der Waals surface area contributed by atoms with E-state index in [0.29, 0.717) is 22.5 Å². The molecule has 0 unspecified atom stereocenters. The number of rotatable bonds is 2. The number of ether oxygens (including phenoxy) is 1. The normalized spacial score (nSPS) is 10.4. The Morgan fingerprint density at radius 3 is 2.78 bits per heavy atom. The number of aromatic nitrogens is 3. The Kier molecular flexibility index (Phi) is 3.20. The van der Waals surface area contributed by atoms with Crippen LogP contribution in [0.25, 0.3) is 11.1 Å². The molecule has 0 bridgehead atoms. The van der Waals surface area contributed by atoms with Crippen molar-refractivity contribution < 1.29 is 9.53 Å². The maximum Gasteiger partial charge on any atom is 0.339 e. The van der Waals surface area contributed by atoms with Crippen LogP contribution in [0, 0.1) is 0 Å². The topological polar surface area (TPSA) is 83.0 Å². The number of hydrogen-bond acceptors (Lipinski definition) is 5. The van der Waals surface area contributed by atoms with Crippen LogP contribution in [0.5, 0.6) is 0 Å². The lowest BCUT2D eigenvalue weighted by molar-refractivity contribution is 0.0600. The van der Waals surface area contributed by atoms with Crippen LogP contribution in [0.1, 0.15) is 10.4 Å². The van der Waals surface area contributed by atoms with E-state index in [4.69, 9.17) is 17.3 Å². The van der Waals surface area contributed by atoms with Gasteiger partial charge in [-0.05, 0) is 6.07 Å². The van der Waals surface area contributed by atoms with Crippen molar-refractivity contribution in [2.75, 3.05) is 12.8 Å². The minimum atomic E-state index is -0.483. The highest BCUT2D eigenvalue weighted by Crippen LogP contribution is 2.30. The number of aryl methyl sites for hydroxylation is 1. The van der Waals surface area contributed by atoms with Crippen molar-refractivity contribution in [1.82, 2.24) is 14.8 Å². The predicted molar refractivity (Wildman–Crippen MR) is 67.2 cm³/mol. The van der Waals surface area contributed by atoms with Crippen molar-refractivity contribution in [3.05, 3.63) is 29.2 Å². The molecule has 0 saturated carbocycles. The minimum Gasteiger partial charge on any atom is -0.465 e. The molecule has 2 rings (SSSR count). The SMILES string of the molecule is COC(=O)c1cnc(Cl)c(-c2cn(C)nc2N)c1. The largest absolute Gasteiger partial charge is 0.465 e. The standard InChI is InChI=1S/C11H11ClN4O2/c1-16-5-8(10(13)15-16)7-3-6(11(17)18-2)4-14-9(7)12/h3-5H,1-2H3,(H2,13,15). The first-order valence-corrected chi connectivity index (χ1v) is 5.44. The molecule has 0 saturated heterocycles. The third-order valence-corrected chi connectivity index (χ3v) is 2.71. The smallest absolute Gasteiger partial charge is 0.339 e. The van der Waals surface area contributed by atoms with E-state index in [9.17, 15) is 4.79 Å². The van der Waals surface area contributed by atoms with Crippen LogP contribution >= 0.6 is 11.6 Å². The van der Waals surface area contributed by atoms with E-state index in [0.717, 1.165) is 0 Å². The van der Waals surface area contributed by atoms with E-state index < -0.39 is 5.97 Å². The summed E-state index contributed by atoms with van der Waals surface area (Å²) >= 11 is 6.00. The summed E-state index contributed by atoms with van der Waals surface area (Å²) in [7, 11) is 3.04. The van der Waals surface area contributed by atoms with Crippen LogP contribution in [-0.2, 0) is 11.8 Å². The average molecular weight is 267 g/mol. The Labute approximate surface area is 108 Å². The van der Waals surface area contributed by atoms with Gasteiger partial charge in [0, 0.05) is 30.6 Å². The lowest BCUT2D eigenvalue weighted by Crippen LogP contribution is -2.02. The van der Waals surface area contributed by atoms with Crippen LogP contribution in [0.15, 0.2) is 18.5 Å². The van der Waals surface area contributed by atoms with Crippen LogP contribution in [0.2, 0.25) is 5.15 Å². The van der Waals surface area contributed by atoms with Crippen LogP contribution in [0.4, 0.5) is 5.82 Å². The molecular weight excluding hydrogens is 256 g/mol. The second-order valence-corrected chi connectivity index (χ2v) is 4.01. The first-order valence-electron chi connectivity index (χ1n) is 5.06. The van der Waals surface area contributed by atoms with Crippen molar-refractivity contribution in [3.8, 4) is 11.1 Å². The molecular formula is C11H11ClN4O2. The lowest BCUT2D eigenvalue weighted by Gasteiger charge is -2.04. The summed E-state index contributed by atoms with van der Waals surface area (Å²) in [4.78, 5) is 15.4. The fourth-order valence-corrected chi connectivity index (χ4v) is 1.78. The van der Waals surface area contributed by atoms with Crippen molar-refractivity contribution in [2.45, 2.75) is 0 Å². The van der Waals surface area contributed by atoms with E-state index in [1.807, 2.05) is 0 Å². The fourth-order valence-electron chi connectivity index (χ4n) is 1.58. The van der Waals surface area contributed by atoms with E-state index in [1.165, 1.54) is 13.3 Å². The molecule has 0 aliphatic carbocycles. The fraction of sp³-hybridized carbons (Fsp3) is 0.182. The molecule has 6 nitrogen and oxygen atoms in total. The van der Waals surface area contributed by atoms with Gasteiger partial charge in [0.2, 0.25) is 0 Å². The van der Waals surface area contributed by atoms with E-state index in [1.54, 1.807) is 24.0 Å². The maximum absolute atomic E-state index is 11.4. The highest BCUT2D eigenvalue weighted by molar-refractivity contribution is 6.32. The Hall–Kier alpha value is -2.08. The number of esters is 1. The highest BCUT2D eigenvalue weighted by atomic mass is 35.5. The van der Waals surface area contributed by atoms with Gasteiger partial charge in [0.15, 0.2) is 5.82 Å². The molecule has 0 fully saturated rings. The third-order valence-electron chi connectivity index (χ3n) is 2.41. The van der Waals surface area contributed by atoms with Crippen molar-refractivity contribution in [1.29, 1.82) is 0 Å². The van der Waals surface area contributed by atoms with Gasteiger partial charge < -0.3 is 10.5 Å². The van der Waals surface area contributed by atoms with Gasteiger partial charge in [-0.2, -0.15) is 5.10 Å². The van der Waals surface area contributed by atoms with Gasteiger partial charge >= 0.3 is 5.97 Å². The Morgan fingerprint density at radius 1 is 1.50 bits per heavy atom. The van der Waals surface area contributed by atoms with Gasteiger partial charge in [0.25, 0.3) is 0 Å². The van der Waals surface area contributed by atoms with Crippen molar-refractivity contribution in [3.63, 3.8) is 0 Å². The van der Waals surface area contributed by atoms with Gasteiger partial charge in [-0.15, -0.1) is 0 Å². The Balaban J connectivity index is 2.56. The number of carbonyl (C=O) groups is 1. The molecule has 0 spiro atoms. The van der Waals surface area contributed by atoms with Crippen molar-refractivity contribution in [2.24, 2.45) is 7.05 Å². The second kappa shape index (κ2) is 4.66. The van der Waals surface area contributed by atoms with E-state index >= 15 is 0 Å². The van der Waals surface area contributed by atoms with E-state index in [2.05, 4.69) is 14.8 Å². The molecule has 94 valence electrons. The first-order chi connectivity index (χ1) is 8.52. The molecule has 2 heterocycles. The van der Waals surface area contributed by atoms with Crippen LogP contribution in [-0.4, -0.2) is 27.8 Å². The number of nitrogens with two attached hydrogens (primary N) is 1. The number of pyridine rings is 1. The highest BCUT2D eigenvalue weighted by Gasteiger charge is 2.15.